The molecule has 0 bridgehead atoms. The van der Waals surface area contributed by atoms with Gasteiger partial charge in [0.2, 0.25) is 0 Å². The molecule has 0 spiro atoms. The molecule has 0 radical (unpaired) electrons. The summed E-state index contributed by atoms with van der Waals surface area (Å²) in [4.78, 5) is 9.56. The van der Waals surface area contributed by atoms with Gasteiger partial charge in [-0.05, 0) is 48.9 Å². The van der Waals surface area contributed by atoms with Crippen molar-refractivity contribution in [2.24, 2.45) is 0 Å². The van der Waals surface area contributed by atoms with Gasteiger partial charge < -0.3 is 13.9 Å². The lowest BCUT2D eigenvalue weighted by atomic mass is 10.1. The van der Waals surface area contributed by atoms with Gasteiger partial charge >= 0.3 is 5.63 Å². The summed E-state index contributed by atoms with van der Waals surface area (Å²) < 4.78 is 29.8. The van der Waals surface area contributed by atoms with E-state index in [9.17, 15) is 9.18 Å². The molecule has 2 aromatic carbocycles. The molecule has 120 valence electrons. The predicted octanol–water partition coefficient (Wildman–Crippen LogP) is 4.21. The van der Waals surface area contributed by atoms with E-state index < -0.39 is 0 Å². The zero-order valence-corrected chi connectivity index (χ0v) is 12.9. The van der Waals surface area contributed by atoms with Crippen molar-refractivity contribution in [3.8, 4) is 5.75 Å². The van der Waals surface area contributed by atoms with E-state index in [1.807, 2.05) is 19.1 Å². The number of hydrogen-bond acceptors (Lipinski definition) is 3. The first-order valence-corrected chi connectivity index (χ1v) is 7.46. The van der Waals surface area contributed by atoms with E-state index in [-0.39, 0.29) is 18.0 Å². The zero-order valence-electron chi connectivity index (χ0n) is 12.9. The summed E-state index contributed by atoms with van der Waals surface area (Å²) >= 11 is 0. The van der Waals surface area contributed by atoms with Crippen molar-refractivity contribution in [3.05, 3.63) is 71.3 Å². The van der Waals surface area contributed by atoms with E-state index in [2.05, 4.69) is 0 Å². The number of rotatable bonds is 3. The van der Waals surface area contributed by atoms with Crippen LogP contribution >= 0.6 is 0 Å². The molecule has 24 heavy (non-hydrogen) atoms. The van der Waals surface area contributed by atoms with Crippen LogP contribution in [0.3, 0.4) is 0 Å². The molecular weight excluding hydrogens is 311 g/mol. The molecule has 2 heterocycles. The Labute approximate surface area is 136 Å². The molecule has 0 aliphatic rings. The van der Waals surface area contributed by atoms with Crippen LogP contribution < -0.4 is 10.4 Å². The minimum atomic E-state index is -0.304. The minimum Gasteiger partial charge on any atom is -0.485 e. The highest BCUT2D eigenvalue weighted by Gasteiger charge is 2.10. The van der Waals surface area contributed by atoms with Gasteiger partial charge in [0.05, 0.1) is 17.5 Å². The summed E-state index contributed by atoms with van der Waals surface area (Å²) in [6.07, 6.45) is 0. The lowest BCUT2D eigenvalue weighted by Crippen LogP contribution is -2.00. The fourth-order valence-electron chi connectivity index (χ4n) is 2.70. The van der Waals surface area contributed by atoms with Crippen molar-refractivity contribution in [2.75, 3.05) is 0 Å². The van der Waals surface area contributed by atoms with Gasteiger partial charge in [-0.2, -0.15) is 0 Å². The summed E-state index contributed by atoms with van der Waals surface area (Å²) in [6.45, 7) is 2.10. The number of ether oxygens (including phenoxy) is 1. The van der Waals surface area contributed by atoms with Gasteiger partial charge in [0.15, 0.2) is 0 Å². The van der Waals surface area contributed by atoms with Crippen molar-refractivity contribution in [2.45, 2.75) is 13.5 Å². The fraction of sp³-hybridized carbons (Fsp3) is 0.105. The van der Waals surface area contributed by atoms with E-state index in [1.165, 1.54) is 12.1 Å². The third-order valence-corrected chi connectivity index (χ3v) is 3.84. The Morgan fingerprint density at radius 1 is 1.00 bits per heavy atom. The Hall–Kier alpha value is -3.08. The Morgan fingerprint density at radius 3 is 2.75 bits per heavy atom. The van der Waals surface area contributed by atoms with Gasteiger partial charge in [-0.25, -0.2) is 4.39 Å². The molecule has 0 amide bonds. The fourth-order valence-corrected chi connectivity index (χ4v) is 2.70. The Kier molecular flexibility index (Phi) is 3.34. The van der Waals surface area contributed by atoms with E-state index in [1.54, 1.807) is 24.3 Å². The normalized spacial score (nSPS) is 11.2. The molecular formula is C19H14FO4+. The summed E-state index contributed by atoms with van der Waals surface area (Å²) in [5, 5.41) is 1.60. The van der Waals surface area contributed by atoms with Crippen molar-refractivity contribution in [3.63, 3.8) is 0 Å². The highest BCUT2D eigenvalue weighted by Crippen LogP contribution is 2.25. The largest absolute Gasteiger partial charge is 0.516 e. The lowest BCUT2D eigenvalue weighted by Gasteiger charge is -2.04. The van der Waals surface area contributed by atoms with Crippen LogP contribution in [0, 0.1) is 12.7 Å². The molecule has 0 atom stereocenters. The number of aryl methyl sites for hydroxylation is 1. The van der Waals surface area contributed by atoms with Crippen LogP contribution in [0.1, 0.15) is 11.3 Å². The average Bonchev–Trinajstić information content (AvgIpc) is 2.94. The van der Waals surface area contributed by atoms with E-state index in [4.69, 9.17) is 13.6 Å². The number of fused-ring (bicyclic) bond motifs is 2. The van der Waals surface area contributed by atoms with Crippen LogP contribution in [0.5, 0.6) is 5.75 Å². The first-order valence-electron chi connectivity index (χ1n) is 7.46. The van der Waals surface area contributed by atoms with Gasteiger partial charge in [0, 0.05) is 5.39 Å². The lowest BCUT2D eigenvalue weighted by molar-refractivity contribution is 0.274. The topological polar surface area (TPSA) is 56.9 Å². The second kappa shape index (κ2) is 5.53. The van der Waals surface area contributed by atoms with Crippen LogP contribution in [0.4, 0.5) is 4.39 Å². The molecule has 0 aliphatic heterocycles. The summed E-state index contributed by atoms with van der Waals surface area (Å²) in [5.41, 5.74) is 1.93. The maximum Gasteiger partial charge on any atom is 0.516 e. The van der Waals surface area contributed by atoms with Gasteiger partial charge in [-0.1, -0.05) is 0 Å². The second-order valence-corrected chi connectivity index (χ2v) is 5.61. The third kappa shape index (κ3) is 2.65. The summed E-state index contributed by atoms with van der Waals surface area (Å²) in [6, 6.07) is 13.1. The molecule has 4 nitrogen and oxygen atoms in total. The molecule has 0 unspecified atom stereocenters. The molecule has 0 fully saturated rings. The third-order valence-electron chi connectivity index (χ3n) is 3.84. The van der Waals surface area contributed by atoms with Crippen LogP contribution in [0.15, 0.2) is 57.4 Å². The molecule has 4 aromatic rings. The molecule has 5 heteroatoms. The van der Waals surface area contributed by atoms with Crippen LogP contribution in [0.2, 0.25) is 0 Å². The van der Waals surface area contributed by atoms with E-state index >= 15 is 0 Å². The number of furan rings is 1. The van der Waals surface area contributed by atoms with Crippen LogP contribution in [0.25, 0.3) is 21.9 Å². The first kappa shape index (κ1) is 14.5. The highest BCUT2D eigenvalue weighted by molar-refractivity contribution is 5.81. The SMILES string of the molecule is Cc1cc(=[OH+])oc2cc(OCc3cc4cc(F)ccc4o3)ccc12. The molecule has 0 aliphatic carbocycles. The molecule has 0 saturated heterocycles. The Bertz CT molecular complexity index is 1110. The summed E-state index contributed by atoms with van der Waals surface area (Å²) in [7, 11) is 0. The van der Waals surface area contributed by atoms with Crippen LogP contribution in [-0.4, -0.2) is 4.79 Å². The second-order valence-electron chi connectivity index (χ2n) is 5.61. The minimum absolute atomic E-state index is 0.142. The van der Waals surface area contributed by atoms with Gasteiger partial charge in [0.25, 0.3) is 5.58 Å². The molecule has 1 N–H and O–H groups in total. The highest BCUT2D eigenvalue weighted by atomic mass is 19.1. The van der Waals surface area contributed by atoms with Crippen molar-refractivity contribution in [1.29, 1.82) is 0 Å². The molecule has 4 rings (SSSR count). The van der Waals surface area contributed by atoms with Crippen molar-refractivity contribution in [1.82, 2.24) is 0 Å². The zero-order chi connectivity index (χ0) is 16.7. The standard InChI is InChI=1S/C19H13FO4/c1-11-6-19(21)24-18-9-14(3-4-16(11)18)22-10-15-8-12-7-13(20)2-5-17(12)23-15/h2-9H,10H2,1H3/p+1. The monoisotopic (exact) mass is 325 g/mol. The average molecular weight is 325 g/mol. The van der Waals surface area contributed by atoms with Crippen molar-refractivity contribution < 1.29 is 22.8 Å². The number of halogens is 1. The maximum absolute atomic E-state index is 13.2. The maximum atomic E-state index is 13.2. The number of benzene rings is 2. The van der Waals surface area contributed by atoms with Gasteiger partial charge in [0.1, 0.15) is 29.5 Å². The van der Waals surface area contributed by atoms with Gasteiger partial charge in [-0.15, -0.1) is 0 Å². The predicted molar refractivity (Wildman–Crippen MR) is 86.5 cm³/mol. The first-order chi connectivity index (χ1) is 11.6. The smallest absolute Gasteiger partial charge is 0.485 e. The van der Waals surface area contributed by atoms with Crippen molar-refractivity contribution >= 4 is 21.9 Å². The Balaban J connectivity index is 1.60. The van der Waals surface area contributed by atoms with Gasteiger partial charge in [-0.3, -0.25) is 4.42 Å². The quantitative estimate of drug-likeness (QED) is 0.419. The summed E-state index contributed by atoms with van der Waals surface area (Å²) in [5.74, 6) is 0.879. The number of hydrogen-bond donors (Lipinski definition) is 0. The Morgan fingerprint density at radius 2 is 1.88 bits per heavy atom. The molecule has 0 saturated carbocycles. The van der Waals surface area contributed by atoms with Crippen LogP contribution in [-0.2, 0) is 6.61 Å². The van der Waals surface area contributed by atoms with E-state index in [0.717, 1.165) is 10.9 Å². The van der Waals surface area contributed by atoms with E-state index in [0.29, 0.717) is 28.1 Å². The molecule has 2 aromatic heterocycles.